The molecule has 0 bridgehead atoms. The van der Waals surface area contributed by atoms with Crippen molar-refractivity contribution in [3.05, 3.63) is 0 Å². The van der Waals surface area contributed by atoms with E-state index in [0.29, 0.717) is 32.0 Å². The number of hydrogen-bond donors (Lipinski definition) is 0. The van der Waals surface area contributed by atoms with Crippen molar-refractivity contribution in [1.29, 1.82) is 0 Å². The molecule has 128 valence electrons. The van der Waals surface area contributed by atoms with E-state index < -0.39 is 0 Å². The third-order valence-electron chi connectivity index (χ3n) is 4.26. The third-order valence-corrected chi connectivity index (χ3v) is 4.26. The lowest BCUT2D eigenvalue weighted by molar-refractivity contribution is -0.144. The second-order valence-electron chi connectivity index (χ2n) is 6.45. The fourth-order valence-corrected chi connectivity index (χ4v) is 2.64. The maximum absolute atomic E-state index is 11.6. The maximum atomic E-state index is 11.6. The Kier molecular flexibility index (Phi) is 10.8. The van der Waals surface area contributed by atoms with Gasteiger partial charge in [-0.15, -0.1) is 0 Å². The highest BCUT2D eigenvalue weighted by molar-refractivity contribution is 5.69. The van der Waals surface area contributed by atoms with Gasteiger partial charge >= 0.3 is 11.9 Å². The van der Waals surface area contributed by atoms with E-state index in [4.69, 9.17) is 9.47 Å². The van der Waals surface area contributed by atoms with Gasteiger partial charge in [0.25, 0.3) is 0 Å². The molecular weight excluding hydrogens is 280 g/mol. The van der Waals surface area contributed by atoms with Gasteiger partial charge in [-0.2, -0.15) is 0 Å². The molecule has 1 aliphatic rings. The number of carbonyl (C=O) groups excluding carboxylic acids is 2. The highest BCUT2D eigenvalue weighted by Gasteiger charge is 2.08. The molecule has 0 aromatic carbocycles. The monoisotopic (exact) mass is 312 g/mol. The first-order chi connectivity index (χ1) is 10.7. The van der Waals surface area contributed by atoms with Gasteiger partial charge in [0.2, 0.25) is 0 Å². The normalized spacial score (nSPS) is 22.8. The van der Waals surface area contributed by atoms with Gasteiger partial charge in [-0.25, -0.2) is 0 Å². The summed E-state index contributed by atoms with van der Waals surface area (Å²) in [5.41, 5.74) is 0. The molecule has 4 heteroatoms. The maximum Gasteiger partial charge on any atom is 0.305 e. The minimum Gasteiger partial charge on any atom is -0.466 e. The average molecular weight is 312 g/mol. The third kappa shape index (κ3) is 10.6. The van der Waals surface area contributed by atoms with Crippen LogP contribution in [0.15, 0.2) is 0 Å². The van der Waals surface area contributed by atoms with Gasteiger partial charge in [0.15, 0.2) is 0 Å². The van der Waals surface area contributed by atoms with Crippen LogP contribution in [0, 0.1) is 5.92 Å². The van der Waals surface area contributed by atoms with Crippen LogP contribution in [-0.2, 0) is 19.1 Å². The Morgan fingerprint density at radius 1 is 0.682 bits per heavy atom. The molecule has 22 heavy (non-hydrogen) atoms. The molecule has 0 atom stereocenters. The Hall–Kier alpha value is -1.06. The Labute approximate surface area is 134 Å². The van der Waals surface area contributed by atoms with Crippen LogP contribution in [-0.4, -0.2) is 25.2 Å². The van der Waals surface area contributed by atoms with E-state index in [-0.39, 0.29) is 11.9 Å². The molecule has 1 heterocycles. The van der Waals surface area contributed by atoms with Crippen molar-refractivity contribution in [3.63, 3.8) is 0 Å². The molecule has 0 unspecified atom stereocenters. The number of cyclic esters (lactones) is 2. The molecule has 1 rings (SSSR count). The van der Waals surface area contributed by atoms with Crippen molar-refractivity contribution in [3.8, 4) is 0 Å². The van der Waals surface area contributed by atoms with E-state index in [1.807, 2.05) is 0 Å². The van der Waals surface area contributed by atoms with Gasteiger partial charge in [0, 0.05) is 12.8 Å². The van der Waals surface area contributed by atoms with Crippen LogP contribution >= 0.6 is 0 Å². The summed E-state index contributed by atoms with van der Waals surface area (Å²) in [6, 6.07) is 0. The molecule has 1 saturated heterocycles. The zero-order valence-electron chi connectivity index (χ0n) is 14.1. The summed E-state index contributed by atoms with van der Waals surface area (Å²) in [6.45, 7) is 3.06. The Morgan fingerprint density at radius 3 is 1.45 bits per heavy atom. The molecule has 0 amide bonds. The predicted octanol–water partition coefficient (Wildman–Crippen LogP) is 4.40. The highest BCUT2D eigenvalue weighted by atomic mass is 16.5. The molecule has 0 N–H and O–H groups in total. The fourth-order valence-electron chi connectivity index (χ4n) is 2.64. The average Bonchev–Trinajstić information content (AvgIpc) is 2.48. The number of hydrogen-bond acceptors (Lipinski definition) is 4. The molecule has 0 radical (unpaired) electrons. The molecule has 0 spiro atoms. The van der Waals surface area contributed by atoms with E-state index in [9.17, 15) is 9.59 Å². The number of esters is 2. The van der Waals surface area contributed by atoms with E-state index in [0.717, 1.165) is 38.5 Å². The fraction of sp³-hybridized carbons (Fsp3) is 0.889. The molecular formula is C18H32O4. The van der Waals surface area contributed by atoms with Crippen LogP contribution in [0.3, 0.4) is 0 Å². The van der Waals surface area contributed by atoms with Crippen LogP contribution < -0.4 is 0 Å². The minimum absolute atomic E-state index is 0.0726. The standard InChI is InChI=1S/C18H32O4/c1-16-12-14-21-17(19)10-8-6-4-2-3-5-7-9-11-18(20)22-15-13-16/h16H,2-15H2,1H3. The lowest BCUT2D eigenvalue weighted by Gasteiger charge is -2.12. The van der Waals surface area contributed by atoms with E-state index >= 15 is 0 Å². The first kappa shape index (κ1) is 19.0. The summed E-state index contributed by atoms with van der Waals surface area (Å²) in [5.74, 6) is 0.260. The van der Waals surface area contributed by atoms with E-state index in [1.165, 1.54) is 25.7 Å². The second kappa shape index (κ2) is 12.5. The Balaban J connectivity index is 2.27. The van der Waals surface area contributed by atoms with Gasteiger partial charge in [-0.3, -0.25) is 9.59 Å². The lowest BCUT2D eigenvalue weighted by atomic mass is 10.1. The molecule has 4 nitrogen and oxygen atoms in total. The highest BCUT2D eigenvalue weighted by Crippen LogP contribution is 2.13. The van der Waals surface area contributed by atoms with Gasteiger partial charge in [0.1, 0.15) is 0 Å². The first-order valence-corrected chi connectivity index (χ1v) is 8.99. The topological polar surface area (TPSA) is 52.6 Å². The van der Waals surface area contributed by atoms with E-state index in [1.54, 1.807) is 0 Å². The van der Waals surface area contributed by atoms with Crippen LogP contribution in [0.2, 0.25) is 0 Å². The summed E-state index contributed by atoms with van der Waals surface area (Å²) < 4.78 is 10.5. The predicted molar refractivity (Wildman–Crippen MR) is 86.5 cm³/mol. The van der Waals surface area contributed by atoms with Crippen molar-refractivity contribution in [1.82, 2.24) is 0 Å². The van der Waals surface area contributed by atoms with Gasteiger partial charge < -0.3 is 9.47 Å². The van der Waals surface area contributed by atoms with Crippen molar-refractivity contribution in [2.24, 2.45) is 5.92 Å². The van der Waals surface area contributed by atoms with Gasteiger partial charge in [0.05, 0.1) is 13.2 Å². The summed E-state index contributed by atoms with van der Waals surface area (Å²) in [6.07, 6.45) is 11.7. The van der Waals surface area contributed by atoms with Crippen molar-refractivity contribution < 1.29 is 19.1 Å². The quantitative estimate of drug-likeness (QED) is 0.622. The summed E-state index contributed by atoms with van der Waals surface area (Å²) in [4.78, 5) is 23.2. The Morgan fingerprint density at radius 2 is 1.05 bits per heavy atom. The smallest absolute Gasteiger partial charge is 0.305 e. The van der Waals surface area contributed by atoms with Crippen LogP contribution in [0.5, 0.6) is 0 Å². The second-order valence-corrected chi connectivity index (χ2v) is 6.45. The van der Waals surface area contributed by atoms with Crippen molar-refractivity contribution in [2.45, 2.75) is 84.0 Å². The number of carbonyl (C=O) groups is 2. The van der Waals surface area contributed by atoms with Gasteiger partial charge in [-0.1, -0.05) is 45.4 Å². The zero-order valence-corrected chi connectivity index (χ0v) is 14.1. The van der Waals surface area contributed by atoms with Crippen molar-refractivity contribution >= 4 is 11.9 Å². The Bertz CT molecular complexity index is 284. The SMILES string of the molecule is CC1CCOC(=O)CCCCCCCCCCC(=O)OCC1. The van der Waals surface area contributed by atoms with Crippen LogP contribution in [0.4, 0.5) is 0 Å². The van der Waals surface area contributed by atoms with Crippen LogP contribution in [0.1, 0.15) is 84.0 Å². The molecule has 0 aliphatic carbocycles. The number of rotatable bonds is 0. The molecule has 1 fully saturated rings. The molecule has 0 aromatic heterocycles. The molecule has 1 aliphatic heterocycles. The summed E-state index contributed by atoms with van der Waals surface area (Å²) in [7, 11) is 0. The summed E-state index contributed by atoms with van der Waals surface area (Å²) >= 11 is 0. The molecule has 0 saturated carbocycles. The number of ether oxygens (including phenoxy) is 2. The largest absolute Gasteiger partial charge is 0.466 e. The minimum atomic E-state index is -0.0726. The lowest BCUT2D eigenvalue weighted by Crippen LogP contribution is -2.11. The van der Waals surface area contributed by atoms with Crippen molar-refractivity contribution in [2.75, 3.05) is 13.2 Å². The first-order valence-electron chi connectivity index (χ1n) is 8.99. The van der Waals surface area contributed by atoms with E-state index in [2.05, 4.69) is 6.92 Å². The molecule has 0 aromatic rings. The zero-order chi connectivity index (χ0) is 16.0. The van der Waals surface area contributed by atoms with Gasteiger partial charge in [-0.05, 0) is 31.6 Å². The summed E-state index contributed by atoms with van der Waals surface area (Å²) in [5, 5.41) is 0. The van der Waals surface area contributed by atoms with Crippen LogP contribution in [0.25, 0.3) is 0 Å².